The van der Waals surface area contributed by atoms with E-state index in [2.05, 4.69) is 10.6 Å². The predicted molar refractivity (Wildman–Crippen MR) is 136 cm³/mol. The number of rotatable bonds is 4. The summed E-state index contributed by atoms with van der Waals surface area (Å²) in [6.07, 6.45) is 6.45. The van der Waals surface area contributed by atoms with Gasteiger partial charge in [-0.25, -0.2) is 18.4 Å². The fraction of sp³-hybridized carbons (Fsp3) is 0.462. The zero-order valence-corrected chi connectivity index (χ0v) is 21.7. The van der Waals surface area contributed by atoms with Crippen LogP contribution >= 0.6 is 22.7 Å². The standard InChI is InChI=1S/C26H27F2N3O3S2/c1-25(2)16-6-5-7-17-19(16)20(23(32)34-25)21(35-17)30-24(33)29-13-15-14-8-9-26(27,28)12-18(14)36-22(15)31-10-3-4-11-31/h3-4,10-11,16H,5-9,12-13H2,1-2H3,(H2,29,30,33). The Morgan fingerprint density at radius 2 is 1.97 bits per heavy atom. The molecule has 0 bridgehead atoms. The quantitative estimate of drug-likeness (QED) is 0.382. The second kappa shape index (κ2) is 8.41. The molecule has 1 unspecified atom stereocenters. The molecule has 0 aromatic carbocycles. The van der Waals surface area contributed by atoms with Crippen LogP contribution in [0.2, 0.25) is 0 Å². The van der Waals surface area contributed by atoms with Gasteiger partial charge in [0.25, 0.3) is 5.92 Å². The number of fused-ring (bicyclic) bond motifs is 1. The van der Waals surface area contributed by atoms with Gasteiger partial charge in [0.15, 0.2) is 0 Å². The Bertz CT molecular complexity index is 1360. The number of carbonyl (C=O) groups excluding carboxylic acids is 2. The highest BCUT2D eigenvalue weighted by molar-refractivity contribution is 7.17. The highest BCUT2D eigenvalue weighted by Gasteiger charge is 2.46. The maximum absolute atomic E-state index is 14.1. The first-order chi connectivity index (χ1) is 17.1. The number of halogens is 2. The lowest BCUT2D eigenvalue weighted by Gasteiger charge is -2.40. The van der Waals surface area contributed by atoms with Gasteiger partial charge < -0.3 is 14.6 Å². The average Bonchev–Trinajstić information content (AvgIpc) is 3.52. The Labute approximate surface area is 215 Å². The number of amides is 2. The van der Waals surface area contributed by atoms with Gasteiger partial charge in [-0.1, -0.05) is 0 Å². The minimum atomic E-state index is -2.70. The summed E-state index contributed by atoms with van der Waals surface area (Å²) < 4.78 is 35.8. The number of thiophene rings is 2. The van der Waals surface area contributed by atoms with Crippen molar-refractivity contribution in [2.75, 3.05) is 5.32 Å². The lowest BCUT2D eigenvalue weighted by Crippen LogP contribution is -2.41. The number of hydrogen-bond acceptors (Lipinski definition) is 5. The third-order valence-electron chi connectivity index (χ3n) is 7.50. The largest absolute Gasteiger partial charge is 0.455 e. The van der Waals surface area contributed by atoms with Crippen LogP contribution in [0.5, 0.6) is 0 Å². The fourth-order valence-electron chi connectivity index (χ4n) is 5.78. The molecule has 2 N–H and O–H groups in total. The van der Waals surface area contributed by atoms with E-state index in [4.69, 9.17) is 4.74 Å². The zero-order valence-electron chi connectivity index (χ0n) is 20.1. The van der Waals surface area contributed by atoms with E-state index in [1.165, 1.54) is 22.7 Å². The second-order valence-corrected chi connectivity index (χ2v) is 12.5. The van der Waals surface area contributed by atoms with Gasteiger partial charge in [0.2, 0.25) is 0 Å². The van der Waals surface area contributed by atoms with Crippen LogP contribution in [0, 0.1) is 0 Å². The Morgan fingerprint density at radius 1 is 1.19 bits per heavy atom. The van der Waals surface area contributed by atoms with Gasteiger partial charge in [0.05, 0.1) is 5.56 Å². The van der Waals surface area contributed by atoms with E-state index in [-0.39, 0.29) is 31.7 Å². The molecule has 6 nitrogen and oxygen atoms in total. The van der Waals surface area contributed by atoms with Gasteiger partial charge in [-0.3, -0.25) is 5.32 Å². The summed E-state index contributed by atoms with van der Waals surface area (Å²) in [5.41, 5.74) is 2.72. The van der Waals surface area contributed by atoms with Gasteiger partial charge >= 0.3 is 12.0 Å². The number of carbonyl (C=O) groups is 2. The number of alkyl halides is 2. The minimum absolute atomic E-state index is 0.128. The molecule has 1 atom stereocenters. The van der Waals surface area contributed by atoms with Crippen molar-refractivity contribution < 1.29 is 23.1 Å². The lowest BCUT2D eigenvalue weighted by atomic mass is 9.74. The third kappa shape index (κ3) is 3.94. The van der Waals surface area contributed by atoms with E-state index in [1.54, 1.807) is 0 Å². The van der Waals surface area contributed by atoms with E-state index in [9.17, 15) is 18.4 Å². The van der Waals surface area contributed by atoms with Gasteiger partial charge in [-0.15, -0.1) is 22.7 Å². The summed E-state index contributed by atoms with van der Waals surface area (Å²) in [4.78, 5) is 27.7. The summed E-state index contributed by atoms with van der Waals surface area (Å²) in [5, 5.41) is 7.16. The smallest absolute Gasteiger partial charge is 0.342 e. The molecule has 0 saturated heterocycles. The Kier molecular flexibility index (Phi) is 5.53. The molecule has 6 rings (SSSR count). The van der Waals surface area contributed by atoms with Crippen molar-refractivity contribution in [1.82, 2.24) is 9.88 Å². The molecule has 2 aliphatic carbocycles. The zero-order chi connectivity index (χ0) is 25.2. The molecule has 3 aromatic rings. The summed E-state index contributed by atoms with van der Waals surface area (Å²) in [6, 6.07) is 3.34. The topological polar surface area (TPSA) is 72.4 Å². The molecule has 10 heteroatoms. The second-order valence-electron chi connectivity index (χ2n) is 10.3. The van der Waals surface area contributed by atoms with Crippen LogP contribution in [0.15, 0.2) is 24.5 Å². The van der Waals surface area contributed by atoms with Crippen molar-refractivity contribution in [3.63, 3.8) is 0 Å². The number of ether oxygens (including phenoxy) is 1. The molecule has 0 saturated carbocycles. The normalized spacial score (nSPS) is 21.3. The molecule has 0 spiro atoms. The Balaban J connectivity index is 1.25. The lowest BCUT2D eigenvalue weighted by molar-refractivity contribution is -0.0234. The number of nitrogens with zero attached hydrogens (tertiary/aromatic N) is 1. The van der Waals surface area contributed by atoms with Gasteiger partial charge in [0.1, 0.15) is 15.6 Å². The van der Waals surface area contributed by atoms with Crippen LogP contribution in [0.3, 0.4) is 0 Å². The van der Waals surface area contributed by atoms with Crippen LogP contribution in [-0.4, -0.2) is 28.1 Å². The Morgan fingerprint density at radius 3 is 2.75 bits per heavy atom. The number of aryl methyl sites for hydroxylation is 1. The van der Waals surface area contributed by atoms with E-state index in [0.29, 0.717) is 15.4 Å². The molecule has 1 aliphatic heterocycles. The highest BCUT2D eigenvalue weighted by Crippen LogP contribution is 2.52. The molecular formula is C26H27F2N3O3S2. The molecule has 36 heavy (non-hydrogen) atoms. The maximum atomic E-state index is 14.1. The first-order valence-corrected chi connectivity index (χ1v) is 13.8. The Hall–Kier alpha value is -2.72. The van der Waals surface area contributed by atoms with Gasteiger partial charge in [-0.2, -0.15) is 0 Å². The average molecular weight is 532 g/mol. The first-order valence-electron chi connectivity index (χ1n) is 12.2. The number of aromatic nitrogens is 1. The van der Waals surface area contributed by atoms with Crippen molar-refractivity contribution in [3.8, 4) is 5.00 Å². The van der Waals surface area contributed by atoms with Crippen molar-refractivity contribution in [2.45, 2.75) is 76.4 Å². The van der Waals surface area contributed by atoms with Crippen LogP contribution in [0.1, 0.15) is 75.8 Å². The molecule has 0 fully saturated rings. The molecule has 3 aliphatic rings. The van der Waals surface area contributed by atoms with Gasteiger partial charge in [0, 0.05) is 53.0 Å². The number of anilines is 1. The van der Waals surface area contributed by atoms with E-state index in [0.717, 1.165) is 45.8 Å². The number of nitrogens with one attached hydrogen (secondary N) is 2. The molecule has 2 amide bonds. The van der Waals surface area contributed by atoms with Crippen molar-refractivity contribution in [2.24, 2.45) is 0 Å². The van der Waals surface area contributed by atoms with E-state index < -0.39 is 23.5 Å². The van der Waals surface area contributed by atoms with E-state index >= 15 is 0 Å². The summed E-state index contributed by atoms with van der Waals surface area (Å²) in [6.45, 7) is 4.10. The van der Waals surface area contributed by atoms with Crippen LogP contribution in [0.4, 0.5) is 18.6 Å². The van der Waals surface area contributed by atoms with Crippen LogP contribution in [0.25, 0.3) is 5.00 Å². The molecule has 4 heterocycles. The summed E-state index contributed by atoms with van der Waals surface area (Å²) in [7, 11) is 0. The maximum Gasteiger partial charge on any atom is 0.342 e. The molecular weight excluding hydrogens is 504 g/mol. The number of esters is 1. The molecule has 190 valence electrons. The SMILES string of the molecule is CC1(C)OC(=O)c2c(NC(=O)NCc3c(-n4cccc4)sc4c3CCC(F)(F)C4)sc3c2C1CCC3. The fourth-order valence-corrected chi connectivity index (χ4v) is 8.48. The van der Waals surface area contributed by atoms with Crippen molar-refractivity contribution in [1.29, 1.82) is 0 Å². The van der Waals surface area contributed by atoms with Gasteiger partial charge in [-0.05, 0) is 62.8 Å². The van der Waals surface area contributed by atoms with Crippen molar-refractivity contribution in [3.05, 3.63) is 56.5 Å². The number of cyclic esters (lactones) is 1. The molecule has 3 aromatic heterocycles. The molecule has 0 radical (unpaired) electrons. The summed E-state index contributed by atoms with van der Waals surface area (Å²) >= 11 is 2.81. The van der Waals surface area contributed by atoms with Crippen LogP contribution < -0.4 is 10.6 Å². The predicted octanol–water partition coefficient (Wildman–Crippen LogP) is 6.41. The number of hydrogen-bond donors (Lipinski definition) is 2. The third-order valence-corrected chi connectivity index (χ3v) is 9.97. The minimum Gasteiger partial charge on any atom is -0.455 e. The first kappa shape index (κ1) is 23.7. The monoisotopic (exact) mass is 531 g/mol. The highest BCUT2D eigenvalue weighted by atomic mass is 32.1. The van der Waals surface area contributed by atoms with Crippen LogP contribution in [-0.2, 0) is 30.5 Å². The van der Waals surface area contributed by atoms with Crippen molar-refractivity contribution >= 4 is 39.7 Å². The summed E-state index contributed by atoms with van der Waals surface area (Å²) in [5.74, 6) is -2.97. The van der Waals surface area contributed by atoms with E-state index in [1.807, 2.05) is 42.9 Å². The number of urea groups is 1.